The second-order valence-corrected chi connectivity index (χ2v) is 6.24. The summed E-state index contributed by atoms with van der Waals surface area (Å²) in [5.74, 6) is 0.400. The van der Waals surface area contributed by atoms with Crippen LogP contribution in [0, 0.1) is 10.1 Å². The maximum atomic E-state index is 12.2. The Kier molecular flexibility index (Phi) is 5.23. The van der Waals surface area contributed by atoms with Crippen LogP contribution in [-0.4, -0.2) is 22.9 Å². The van der Waals surface area contributed by atoms with Gasteiger partial charge in [0.25, 0.3) is 5.69 Å². The van der Waals surface area contributed by atoms with Crippen molar-refractivity contribution in [3.8, 4) is 17.0 Å². The number of amides is 1. The molecule has 3 aromatic rings. The van der Waals surface area contributed by atoms with Gasteiger partial charge >= 0.3 is 0 Å². The van der Waals surface area contributed by atoms with Gasteiger partial charge in [0.05, 0.1) is 24.1 Å². The van der Waals surface area contributed by atoms with Crippen LogP contribution in [0.5, 0.6) is 5.75 Å². The van der Waals surface area contributed by atoms with Crippen LogP contribution in [-0.2, 0) is 11.2 Å². The highest BCUT2D eigenvalue weighted by molar-refractivity contribution is 7.14. The highest BCUT2D eigenvalue weighted by atomic mass is 32.1. The smallest absolute Gasteiger partial charge is 0.273 e. The third-order valence-corrected chi connectivity index (χ3v) is 4.43. The van der Waals surface area contributed by atoms with Crippen molar-refractivity contribution in [3.63, 3.8) is 0 Å². The van der Waals surface area contributed by atoms with E-state index >= 15 is 0 Å². The lowest BCUT2D eigenvalue weighted by atomic mass is 10.1. The average Bonchev–Trinajstić information content (AvgIpc) is 3.10. The molecule has 1 heterocycles. The number of nitro benzene ring substituents is 1. The minimum atomic E-state index is -0.492. The minimum absolute atomic E-state index is 0.0688. The molecule has 26 heavy (non-hydrogen) atoms. The highest BCUT2D eigenvalue weighted by Crippen LogP contribution is 2.27. The Morgan fingerprint density at radius 2 is 1.96 bits per heavy atom. The maximum Gasteiger partial charge on any atom is 0.273 e. The van der Waals surface area contributed by atoms with Gasteiger partial charge in [-0.25, -0.2) is 4.98 Å². The number of nitrogens with one attached hydrogen (secondary N) is 1. The van der Waals surface area contributed by atoms with Crippen molar-refractivity contribution in [2.24, 2.45) is 0 Å². The summed E-state index contributed by atoms with van der Waals surface area (Å²) in [5, 5.41) is 16.0. The number of rotatable bonds is 6. The predicted molar refractivity (Wildman–Crippen MR) is 99.5 cm³/mol. The molecule has 0 fully saturated rings. The second kappa shape index (κ2) is 7.75. The van der Waals surface area contributed by atoms with Gasteiger partial charge in [-0.2, -0.15) is 0 Å². The zero-order chi connectivity index (χ0) is 18.5. The zero-order valence-corrected chi connectivity index (χ0v) is 14.7. The van der Waals surface area contributed by atoms with Gasteiger partial charge in [0, 0.05) is 22.6 Å². The fraction of sp³-hybridized carbons (Fsp3) is 0.111. The molecule has 0 aliphatic carbocycles. The third-order valence-electron chi connectivity index (χ3n) is 3.68. The van der Waals surface area contributed by atoms with E-state index in [1.807, 2.05) is 29.6 Å². The van der Waals surface area contributed by atoms with Crippen molar-refractivity contribution in [1.82, 2.24) is 4.98 Å². The van der Waals surface area contributed by atoms with Crippen molar-refractivity contribution in [2.45, 2.75) is 6.42 Å². The standard InChI is InChI=1S/C18H15N3O4S/c1-25-14-8-6-12(7-9-14)15-11-26-18(19-15)20-17(22)10-13-4-2-3-5-16(13)21(23)24/h2-9,11H,10H2,1H3,(H,19,20,22). The Labute approximate surface area is 153 Å². The second-order valence-electron chi connectivity index (χ2n) is 5.38. The van der Waals surface area contributed by atoms with E-state index < -0.39 is 4.92 Å². The number of benzene rings is 2. The number of carbonyl (C=O) groups is 1. The number of nitro groups is 1. The largest absolute Gasteiger partial charge is 0.497 e. The van der Waals surface area contributed by atoms with Gasteiger partial charge in [-0.1, -0.05) is 18.2 Å². The van der Waals surface area contributed by atoms with Crippen molar-refractivity contribution in [2.75, 3.05) is 12.4 Å². The average molecular weight is 369 g/mol. The van der Waals surface area contributed by atoms with E-state index in [2.05, 4.69) is 10.3 Å². The summed E-state index contributed by atoms with van der Waals surface area (Å²) in [5.41, 5.74) is 1.93. The molecule has 0 aliphatic rings. The molecule has 132 valence electrons. The number of anilines is 1. The molecule has 0 unspecified atom stereocenters. The molecule has 8 heteroatoms. The third kappa shape index (κ3) is 4.04. The zero-order valence-electron chi connectivity index (χ0n) is 13.8. The SMILES string of the molecule is COc1ccc(-c2csc(NC(=O)Cc3ccccc3[N+](=O)[O-])n2)cc1. The molecule has 0 aliphatic heterocycles. The van der Waals surface area contributed by atoms with Crippen molar-refractivity contribution < 1.29 is 14.5 Å². The normalized spacial score (nSPS) is 10.3. The molecule has 0 saturated heterocycles. The van der Waals surface area contributed by atoms with Crippen LogP contribution in [0.1, 0.15) is 5.56 Å². The van der Waals surface area contributed by atoms with Crippen LogP contribution in [0.2, 0.25) is 0 Å². The van der Waals surface area contributed by atoms with Crippen molar-refractivity contribution in [3.05, 3.63) is 69.6 Å². The molecule has 2 aromatic carbocycles. The fourth-order valence-electron chi connectivity index (χ4n) is 2.40. The van der Waals surface area contributed by atoms with E-state index in [9.17, 15) is 14.9 Å². The lowest BCUT2D eigenvalue weighted by Crippen LogP contribution is -2.15. The van der Waals surface area contributed by atoms with Gasteiger partial charge < -0.3 is 10.1 Å². The molecule has 0 radical (unpaired) electrons. The van der Waals surface area contributed by atoms with Gasteiger partial charge in [0.15, 0.2) is 5.13 Å². The molecule has 0 bridgehead atoms. The number of ether oxygens (including phenoxy) is 1. The Morgan fingerprint density at radius 1 is 1.23 bits per heavy atom. The van der Waals surface area contributed by atoms with Gasteiger partial charge in [0.1, 0.15) is 5.75 Å². The molecule has 0 atom stereocenters. The molecule has 3 rings (SSSR count). The number of para-hydroxylation sites is 1. The Bertz CT molecular complexity index is 938. The van der Waals surface area contributed by atoms with Crippen molar-refractivity contribution >= 4 is 28.1 Å². The Hall–Kier alpha value is -3.26. The number of methoxy groups -OCH3 is 1. The van der Waals surface area contributed by atoms with E-state index in [0.29, 0.717) is 10.7 Å². The first-order chi connectivity index (χ1) is 12.6. The summed E-state index contributed by atoms with van der Waals surface area (Å²) in [6.07, 6.45) is -0.0887. The minimum Gasteiger partial charge on any atom is -0.497 e. The molecule has 7 nitrogen and oxygen atoms in total. The maximum absolute atomic E-state index is 12.2. The molecule has 0 spiro atoms. The van der Waals surface area contributed by atoms with Gasteiger partial charge in [-0.3, -0.25) is 14.9 Å². The summed E-state index contributed by atoms with van der Waals surface area (Å²) < 4.78 is 5.12. The van der Waals surface area contributed by atoms with Crippen LogP contribution < -0.4 is 10.1 Å². The molecular weight excluding hydrogens is 354 g/mol. The number of thiazole rings is 1. The van der Waals surface area contributed by atoms with E-state index in [4.69, 9.17) is 4.74 Å². The Morgan fingerprint density at radius 3 is 2.65 bits per heavy atom. The fourth-order valence-corrected chi connectivity index (χ4v) is 3.14. The van der Waals surface area contributed by atoms with E-state index in [1.165, 1.54) is 17.4 Å². The Balaban J connectivity index is 1.69. The summed E-state index contributed by atoms with van der Waals surface area (Å²) in [7, 11) is 1.60. The lowest BCUT2D eigenvalue weighted by Gasteiger charge is -2.03. The van der Waals surface area contributed by atoms with Crippen LogP contribution in [0.3, 0.4) is 0 Å². The lowest BCUT2D eigenvalue weighted by molar-refractivity contribution is -0.385. The van der Waals surface area contributed by atoms with E-state index in [1.54, 1.807) is 25.3 Å². The summed E-state index contributed by atoms with van der Waals surface area (Å²) in [4.78, 5) is 27.1. The van der Waals surface area contributed by atoms with Crippen LogP contribution in [0.4, 0.5) is 10.8 Å². The predicted octanol–water partition coefficient (Wildman–Crippen LogP) is 3.91. The van der Waals surface area contributed by atoms with E-state index in [0.717, 1.165) is 17.0 Å². The number of nitrogens with zero attached hydrogens (tertiary/aromatic N) is 2. The first-order valence-electron chi connectivity index (χ1n) is 7.69. The summed E-state index contributed by atoms with van der Waals surface area (Å²) >= 11 is 1.30. The number of aromatic nitrogens is 1. The molecule has 0 saturated carbocycles. The first-order valence-corrected chi connectivity index (χ1v) is 8.57. The molecule has 1 N–H and O–H groups in total. The molecule has 1 amide bonds. The van der Waals surface area contributed by atoms with Gasteiger partial charge in [-0.05, 0) is 24.3 Å². The number of carbonyl (C=O) groups excluding carboxylic acids is 1. The summed E-state index contributed by atoms with van der Waals surface area (Å²) in [6, 6.07) is 13.6. The number of hydrogen-bond donors (Lipinski definition) is 1. The quantitative estimate of drug-likeness (QED) is 0.525. The van der Waals surface area contributed by atoms with Crippen LogP contribution in [0.25, 0.3) is 11.3 Å². The van der Waals surface area contributed by atoms with Crippen molar-refractivity contribution in [1.29, 1.82) is 0 Å². The monoisotopic (exact) mass is 369 g/mol. The van der Waals surface area contributed by atoms with Crippen LogP contribution >= 0.6 is 11.3 Å². The topological polar surface area (TPSA) is 94.4 Å². The molecular formula is C18H15N3O4S. The van der Waals surface area contributed by atoms with Crippen LogP contribution in [0.15, 0.2) is 53.9 Å². The highest BCUT2D eigenvalue weighted by Gasteiger charge is 2.16. The number of hydrogen-bond acceptors (Lipinski definition) is 6. The summed E-state index contributed by atoms with van der Waals surface area (Å²) in [6.45, 7) is 0. The molecule has 1 aromatic heterocycles. The van der Waals surface area contributed by atoms with Gasteiger partial charge in [0.2, 0.25) is 5.91 Å². The van der Waals surface area contributed by atoms with Gasteiger partial charge in [-0.15, -0.1) is 11.3 Å². The first kappa shape index (κ1) is 17.6. The van der Waals surface area contributed by atoms with E-state index in [-0.39, 0.29) is 18.0 Å².